The van der Waals surface area contributed by atoms with Crippen LogP contribution in [0.5, 0.6) is 0 Å². The topological polar surface area (TPSA) is 32.3 Å². The van der Waals surface area contributed by atoms with Crippen molar-refractivity contribution in [3.05, 3.63) is 0 Å². The maximum atomic E-state index is 10.8. The van der Waals surface area contributed by atoms with Gasteiger partial charge in [-0.05, 0) is 38.0 Å². The largest absolute Gasteiger partial charge is 0.387 e. The Hall–Kier alpha value is 0.270. The summed E-state index contributed by atoms with van der Waals surface area (Å²) < 4.78 is 0. The third-order valence-electron chi connectivity index (χ3n) is 3.96. The van der Waals surface area contributed by atoms with Crippen LogP contribution in [0.2, 0.25) is 0 Å². The second-order valence-corrected chi connectivity index (χ2v) is 6.41. The second-order valence-electron chi connectivity index (χ2n) is 4.96. The first-order valence-corrected chi connectivity index (χ1v) is 7.36. The van der Waals surface area contributed by atoms with Gasteiger partial charge in [0.1, 0.15) is 0 Å². The fourth-order valence-electron chi connectivity index (χ4n) is 2.88. The molecular formula is C12H23NOS. The molecule has 0 amide bonds. The molecule has 3 atom stereocenters. The van der Waals surface area contributed by atoms with Crippen LogP contribution in [0.3, 0.4) is 0 Å². The van der Waals surface area contributed by atoms with Crippen LogP contribution in [-0.4, -0.2) is 34.3 Å². The van der Waals surface area contributed by atoms with E-state index in [1.54, 1.807) is 0 Å². The van der Waals surface area contributed by atoms with Crippen LogP contribution in [0.4, 0.5) is 0 Å². The summed E-state index contributed by atoms with van der Waals surface area (Å²) in [6, 6.07) is 0.336. The molecule has 0 aromatic carbocycles. The monoisotopic (exact) mass is 229 g/mol. The molecule has 0 bridgehead atoms. The molecule has 2 aliphatic heterocycles. The number of aliphatic hydroxyl groups is 1. The van der Waals surface area contributed by atoms with Crippen molar-refractivity contribution in [1.82, 2.24) is 5.32 Å². The maximum absolute atomic E-state index is 10.8. The van der Waals surface area contributed by atoms with Crippen molar-refractivity contribution in [1.29, 1.82) is 0 Å². The third kappa shape index (κ3) is 2.51. The van der Waals surface area contributed by atoms with Crippen molar-refractivity contribution in [3.63, 3.8) is 0 Å². The molecule has 2 N–H and O–H groups in total. The minimum absolute atomic E-state index is 0.336. The third-order valence-corrected chi connectivity index (χ3v) is 5.39. The van der Waals surface area contributed by atoms with Crippen LogP contribution < -0.4 is 5.32 Å². The van der Waals surface area contributed by atoms with Crippen molar-refractivity contribution < 1.29 is 5.11 Å². The van der Waals surface area contributed by atoms with Crippen molar-refractivity contribution in [3.8, 4) is 0 Å². The van der Waals surface area contributed by atoms with Gasteiger partial charge in [0.15, 0.2) is 0 Å². The van der Waals surface area contributed by atoms with Gasteiger partial charge in [-0.25, -0.2) is 0 Å². The quantitative estimate of drug-likeness (QED) is 0.723. The van der Waals surface area contributed by atoms with Crippen LogP contribution in [0.1, 0.15) is 45.4 Å². The minimum Gasteiger partial charge on any atom is -0.387 e. The van der Waals surface area contributed by atoms with Gasteiger partial charge in [-0.3, -0.25) is 0 Å². The molecule has 2 fully saturated rings. The highest BCUT2D eigenvalue weighted by molar-refractivity contribution is 8.00. The fourth-order valence-corrected chi connectivity index (χ4v) is 4.11. The van der Waals surface area contributed by atoms with Gasteiger partial charge in [-0.15, -0.1) is 0 Å². The lowest BCUT2D eigenvalue weighted by molar-refractivity contribution is -0.00936. The van der Waals surface area contributed by atoms with Crippen LogP contribution in [0.15, 0.2) is 0 Å². The van der Waals surface area contributed by atoms with E-state index in [4.69, 9.17) is 0 Å². The molecule has 0 aliphatic carbocycles. The van der Waals surface area contributed by atoms with E-state index in [9.17, 15) is 5.11 Å². The number of hydrogen-bond donors (Lipinski definition) is 2. The zero-order valence-corrected chi connectivity index (χ0v) is 10.5. The van der Waals surface area contributed by atoms with Crippen molar-refractivity contribution in [2.24, 2.45) is 0 Å². The zero-order valence-electron chi connectivity index (χ0n) is 9.67. The average molecular weight is 229 g/mol. The summed E-state index contributed by atoms with van der Waals surface area (Å²) in [5.41, 5.74) is -0.451. The Bertz CT molecular complexity index is 204. The van der Waals surface area contributed by atoms with Gasteiger partial charge >= 0.3 is 0 Å². The highest BCUT2D eigenvalue weighted by Gasteiger charge is 2.43. The molecule has 2 nitrogen and oxygen atoms in total. The first-order chi connectivity index (χ1) is 7.23. The van der Waals surface area contributed by atoms with Crippen LogP contribution in [0, 0.1) is 0 Å². The molecule has 0 radical (unpaired) electrons. The fraction of sp³-hybridized carbons (Fsp3) is 1.00. The summed E-state index contributed by atoms with van der Waals surface area (Å²) in [6.07, 6.45) is 7.18. The first kappa shape index (κ1) is 11.7. The smallest absolute Gasteiger partial charge is 0.0915 e. The molecule has 2 saturated heterocycles. The van der Waals surface area contributed by atoms with Gasteiger partial charge in [0.25, 0.3) is 0 Å². The van der Waals surface area contributed by atoms with Crippen LogP contribution in [-0.2, 0) is 0 Å². The molecule has 2 rings (SSSR count). The van der Waals surface area contributed by atoms with Gasteiger partial charge in [-0.2, -0.15) is 11.8 Å². The van der Waals surface area contributed by atoms with Gasteiger partial charge in [0.2, 0.25) is 0 Å². The predicted molar refractivity (Wildman–Crippen MR) is 66.4 cm³/mol. The SMILES string of the molecule is CC1SCCCC1(O)C1CCCCCN1. The van der Waals surface area contributed by atoms with Gasteiger partial charge in [0.05, 0.1) is 5.60 Å². The minimum atomic E-state index is -0.451. The highest BCUT2D eigenvalue weighted by Crippen LogP contribution is 2.38. The van der Waals surface area contributed by atoms with Gasteiger partial charge in [0, 0.05) is 11.3 Å². The number of thioether (sulfide) groups is 1. The van der Waals surface area contributed by atoms with Crippen molar-refractivity contribution in [2.75, 3.05) is 12.3 Å². The normalized spacial score (nSPS) is 43.6. The molecule has 0 saturated carbocycles. The van der Waals surface area contributed by atoms with Crippen LogP contribution >= 0.6 is 11.8 Å². The summed E-state index contributed by atoms with van der Waals surface area (Å²) >= 11 is 1.94. The molecule has 3 unspecified atom stereocenters. The predicted octanol–water partition coefficient (Wildman–Crippen LogP) is 2.17. The van der Waals surface area contributed by atoms with Crippen LogP contribution in [0.25, 0.3) is 0 Å². The summed E-state index contributed by atoms with van der Waals surface area (Å²) in [5, 5.41) is 14.8. The second kappa shape index (κ2) is 5.07. The molecule has 3 heteroatoms. The molecule has 2 aliphatic rings. The van der Waals surface area contributed by atoms with E-state index in [1.165, 1.54) is 31.4 Å². The number of hydrogen-bond acceptors (Lipinski definition) is 3. The van der Waals surface area contributed by atoms with Crippen molar-refractivity contribution in [2.45, 2.75) is 62.3 Å². The van der Waals surface area contributed by atoms with E-state index in [0.717, 1.165) is 19.4 Å². The lowest BCUT2D eigenvalue weighted by Gasteiger charge is -2.43. The Morgan fingerprint density at radius 3 is 2.93 bits per heavy atom. The Balaban J connectivity index is 2.04. The number of nitrogens with one attached hydrogen (secondary N) is 1. The lowest BCUT2D eigenvalue weighted by atomic mass is 9.83. The van der Waals surface area contributed by atoms with Gasteiger partial charge < -0.3 is 10.4 Å². The van der Waals surface area contributed by atoms with E-state index in [-0.39, 0.29) is 0 Å². The Labute approximate surface area is 97.2 Å². The van der Waals surface area contributed by atoms with Crippen molar-refractivity contribution >= 4 is 11.8 Å². The molecule has 0 aromatic rings. The molecule has 0 aromatic heterocycles. The van der Waals surface area contributed by atoms with E-state index >= 15 is 0 Å². The molecule has 2 heterocycles. The van der Waals surface area contributed by atoms with Gasteiger partial charge in [-0.1, -0.05) is 19.8 Å². The summed E-state index contributed by atoms with van der Waals surface area (Å²) in [7, 11) is 0. The molecule has 15 heavy (non-hydrogen) atoms. The molecule has 0 spiro atoms. The Morgan fingerprint density at radius 2 is 2.13 bits per heavy atom. The average Bonchev–Trinajstić information content (AvgIpc) is 2.51. The first-order valence-electron chi connectivity index (χ1n) is 6.31. The highest BCUT2D eigenvalue weighted by atomic mass is 32.2. The number of rotatable bonds is 1. The summed E-state index contributed by atoms with van der Waals surface area (Å²) in [4.78, 5) is 0. The maximum Gasteiger partial charge on any atom is 0.0915 e. The van der Waals surface area contributed by atoms with E-state index in [2.05, 4.69) is 12.2 Å². The molecule has 88 valence electrons. The Morgan fingerprint density at radius 1 is 1.27 bits per heavy atom. The summed E-state index contributed by atoms with van der Waals surface area (Å²) in [6.45, 7) is 3.28. The van der Waals surface area contributed by atoms with E-state index in [1.807, 2.05) is 11.8 Å². The summed E-state index contributed by atoms with van der Waals surface area (Å²) in [5.74, 6) is 1.22. The van der Waals surface area contributed by atoms with E-state index < -0.39 is 5.60 Å². The standard InChI is InChI=1S/C12H23NOS/c1-10-12(14,7-5-9-15-10)11-6-3-2-4-8-13-11/h10-11,13-14H,2-9H2,1H3. The lowest BCUT2D eigenvalue weighted by Crippen LogP contribution is -2.57. The zero-order chi connectivity index (χ0) is 10.7. The Kier molecular flexibility index (Phi) is 3.97. The van der Waals surface area contributed by atoms with E-state index in [0.29, 0.717) is 11.3 Å². The molecular weight excluding hydrogens is 206 g/mol.